The summed E-state index contributed by atoms with van der Waals surface area (Å²) in [5.74, 6) is 1.95. The van der Waals surface area contributed by atoms with Crippen LogP contribution < -0.4 is 14.8 Å². The topological polar surface area (TPSA) is 59.9 Å². The first kappa shape index (κ1) is 15.4. The van der Waals surface area contributed by atoms with Crippen LogP contribution in [-0.4, -0.2) is 18.5 Å². The smallest absolute Gasteiger partial charge is 0.275 e. The van der Waals surface area contributed by atoms with Crippen LogP contribution in [0.4, 0.5) is 0 Å². The van der Waals surface area contributed by atoms with Crippen LogP contribution in [0.15, 0.2) is 53.2 Å². The molecule has 0 aromatic heterocycles. The second-order valence-corrected chi connectivity index (χ2v) is 6.14. The number of hydrogen-bond acceptors (Lipinski definition) is 4. The van der Waals surface area contributed by atoms with Gasteiger partial charge in [0.05, 0.1) is 0 Å². The van der Waals surface area contributed by atoms with Gasteiger partial charge in [0.2, 0.25) is 6.79 Å². The molecule has 1 amide bonds. The summed E-state index contributed by atoms with van der Waals surface area (Å²) >= 11 is 0. The zero-order valence-electron chi connectivity index (χ0n) is 13.9. The summed E-state index contributed by atoms with van der Waals surface area (Å²) < 4.78 is 10.7. The Labute approximate surface area is 146 Å². The van der Waals surface area contributed by atoms with Gasteiger partial charge in [-0.2, -0.15) is 0 Å². The lowest BCUT2D eigenvalue weighted by Crippen LogP contribution is -2.24. The largest absolute Gasteiger partial charge is 0.454 e. The Morgan fingerprint density at radius 2 is 2.00 bits per heavy atom. The molecule has 0 spiro atoms. The quantitative estimate of drug-likeness (QED) is 0.873. The Morgan fingerprint density at radius 1 is 1.12 bits per heavy atom. The number of ether oxygens (including phenoxy) is 2. The molecule has 5 nitrogen and oxygen atoms in total. The van der Waals surface area contributed by atoms with Crippen LogP contribution in [0.2, 0.25) is 0 Å². The van der Waals surface area contributed by atoms with E-state index in [4.69, 9.17) is 9.47 Å². The molecule has 4 rings (SSSR count). The van der Waals surface area contributed by atoms with Crippen molar-refractivity contribution < 1.29 is 14.3 Å². The van der Waals surface area contributed by atoms with E-state index in [0.29, 0.717) is 23.7 Å². The summed E-state index contributed by atoms with van der Waals surface area (Å²) in [6, 6.07) is 13.9. The van der Waals surface area contributed by atoms with E-state index >= 15 is 0 Å². The van der Waals surface area contributed by atoms with Crippen molar-refractivity contribution in [2.24, 2.45) is 4.99 Å². The number of fused-ring (bicyclic) bond motifs is 1. The molecular formula is C20H18N2O3. The molecule has 25 heavy (non-hydrogen) atoms. The van der Waals surface area contributed by atoms with Gasteiger partial charge in [0.15, 0.2) is 11.5 Å². The summed E-state index contributed by atoms with van der Waals surface area (Å²) in [5, 5.41) is 2.85. The number of nitrogens with zero attached hydrogens (tertiary/aromatic N) is 1. The minimum atomic E-state index is -0.170. The first-order chi connectivity index (χ1) is 12.2. The summed E-state index contributed by atoms with van der Waals surface area (Å²) in [7, 11) is 0. The highest BCUT2D eigenvalue weighted by Crippen LogP contribution is 2.33. The number of aryl methyl sites for hydroxylation is 2. The van der Waals surface area contributed by atoms with E-state index in [1.54, 1.807) is 6.08 Å². The first-order valence-corrected chi connectivity index (χ1v) is 8.23. The van der Waals surface area contributed by atoms with Crippen molar-refractivity contribution >= 4 is 17.8 Å². The van der Waals surface area contributed by atoms with Crippen LogP contribution >= 0.6 is 0 Å². The van der Waals surface area contributed by atoms with Gasteiger partial charge in [-0.15, -0.1) is 0 Å². The van der Waals surface area contributed by atoms with Gasteiger partial charge in [-0.25, -0.2) is 4.99 Å². The van der Waals surface area contributed by atoms with Crippen LogP contribution in [0.3, 0.4) is 0 Å². The van der Waals surface area contributed by atoms with E-state index in [1.807, 2.05) is 24.3 Å². The molecule has 0 saturated heterocycles. The van der Waals surface area contributed by atoms with Crippen LogP contribution in [0.25, 0.3) is 6.08 Å². The normalized spacial score (nSPS) is 16.9. The number of aliphatic imine (C=N–C) groups is 1. The van der Waals surface area contributed by atoms with Crippen molar-refractivity contribution in [3.05, 3.63) is 64.9 Å². The second kappa shape index (κ2) is 6.43. The molecule has 0 fully saturated rings. The lowest BCUT2D eigenvalue weighted by atomic mass is 10.1. The van der Waals surface area contributed by atoms with Gasteiger partial charge < -0.3 is 14.8 Å². The molecule has 0 bridgehead atoms. The first-order valence-electron chi connectivity index (χ1n) is 8.23. The van der Waals surface area contributed by atoms with Crippen molar-refractivity contribution in [2.75, 3.05) is 6.79 Å². The van der Waals surface area contributed by atoms with Gasteiger partial charge in [0.25, 0.3) is 5.91 Å². The van der Waals surface area contributed by atoms with E-state index in [0.717, 1.165) is 17.7 Å². The summed E-state index contributed by atoms with van der Waals surface area (Å²) in [5.41, 5.74) is 3.75. The van der Waals surface area contributed by atoms with Gasteiger partial charge in [-0.05, 0) is 42.7 Å². The van der Waals surface area contributed by atoms with E-state index in [-0.39, 0.29) is 12.7 Å². The number of benzene rings is 2. The van der Waals surface area contributed by atoms with Gasteiger partial charge in [-0.1, -0.05) is 35.9 Å². The monoisotopic (exact) mass is 334 g/mol. The lowest BCUT2D eigenvalue weighted by molar-refractivity contribution is -0.115. The average molecular weight is 334 g/mol. The molecule has 0 aliphatic carbocycles. The summed E-state index contributed by atoms with van der Waals surface area (Å²) in [6.07, 6.45) is 3.31. The van der Waals surface area contributed by atoms with Gasteiger partial charge >= 0.3 is 0 Å². The number of carbonyl (C=O) groups excluding carboxylic acids is 1. The molecule has 0 saturated carbocycles. The Hall–Kier alpha value is -3.08. The van der Waals surface area contributed by atoms with E-state index in [9.17, 15) is 4.79 Å². The Kier molecular flexibility index (Phi) is 3.98. The van der Waals surface area contributed by atoms with Gasteiger partial charge in [0.1, 0.15) is 11.5 Å². The van der Waals surface area contributed by atoms with Crippen LogP contribution in [0.1, 0.15) is 23.1 Å². The third-order valence-electron chi connectivity index (χ3n) is 4.18. The molecule has 2 aliphatic heterocycles. The third kappa shape index (κ3) is 3.40. The number of carbonyl (C=O) groups is 1. The molecule has 126 valence electrons. The van der Waals surface area contributed by atoms with Gasteiger partial charge in [-0.3, -0.25) is 4.79 Å². The number of rotatable bonds is 4. The maximum atomic E-state index is 12.1. The maximum absolute atomic E-state index is 12.1. The van der Waals surface area contributed by atoms with Crippen molar-refractivity contribution in [2.45, 2.75) is 19.8 Å². The molecule has 0 radical (unpaired) electrons. The minimum absolute atomic E-state index is 0.170. The van der Waals surface area contributed by atoms with Crippen LogP contribution in [0.5, 0.6) is 11.5 Å². The lowest BCUT2D eigenvalue weighted by Gasteiger charge is -2.02. The predicted molar refractivity (Wildman–Crippen MR) is 95.6 cm³/mol. The molecule has 0 atom stereocenters. The van der Waals surface area contributed by atoms with E-state index in [2.05, 4.69) is 35.4 Å². The Morgan fingerprint density at radius 3 is 2.88 bits per heavy atom. The molecule has 5 heteroatoms. The molecular weight excluding hydrogens is 316 g/mol. The Bertz CT molecular complexity index is 900. The fourth-order valence-electron chi connectivity index (χ4n) is 2.93. The predicted octanol–water partition coefficient (Wildman–Crippen LogP) is 3.23. The molecule has 1 N–H and O–H groups in total. The van der Waals surface area contributed by atoms with E-state index in [1.165, 1.54) is 11.1 Å². The zero-order valence-corrected chi connectivity index (χ0v) is 13.9. The van der Waals surface area contributed by atoms with Crippen LogP contribution in [0, 0.1) is 6.92 Å². The van der Waals surface area contributed by atoms with Crippen molar-refractivity contribution in [1.29, 1.82) is 0 Å². The van der Waals surface area contributed by atoms with Crippen molar-refractivity contribution in [3.8, 4) is 11.5 Å². The highest BCUT2D eigenvalue weighted by atomic mass is 16.7. The minimum Gasteiger partial charge on any atom is -0.454 e. The number of amides is 1. The molecule has 2 heterocycles. The number of amidine groups is 1. The average Bonchev–Trinajstić information content (AvgIpc) is 3.19. The SMILES string of the molecule is Cc1cccc(CCC2=N/C(=C/c3ccc4c(c3)OCO4)C(=O)N2)c1. The van der Waals surface area contributed by atoms with E-state index < -0.39 is 0 Å². The van der Waals surface area contributed by atoms with Gasteiger partial charge in [0, 0.05) is 6.42 Å². The van der Waals surface area contributed by atoms with Crippen LogP contribution in [-0.2, 0) is 11.2 Å². The third-order valence-corrected chi connectivity index (χ3v) is 4.18. The zero-order chi connectivity index (χ0) is 17.2. The number of nitrogens with one attached hydrogen (secondary N) is 1. The number of hydrogen-bond donors (Lipinski definition) is 1. The van der Waals surface area contributed by atoms with Crippen molar-refractivity contribution in [1.82, 2.24) is 5.32 Å². The summed E-state index contributed by atoms with van der Waals surface area (Å²) in [4.78, 5) is 16.6. The Balaban J connectivity index is 1.48. The van der Waals surface area contributed by atoms with Crippen molar-refractivity contribution in [3.63, 3.8) is 0 Å². The second-order valence-electron chi connectivity index (χ2n) is 6.14. The fourth-order valence-corrected chi connectivity index (χ4v) is 2.93. The molecule has 2 aromatic carbocycles. The highest BCUT2D eigenvalue weighted by Gasteiger charge is 2.20. The maximum Gasteiger partial charge on any atom is 0.275 e. The highest BCUT2D eigenvalue weighted by molar-refractivity contribution is 6.14. The fraction of sp³-hybridized carbons (Fsp3) is 0.200. The molecule has 0 unspecified atom stereocenters. The standard InChI is InChI=1S/C20H18N2O3/c1-13-3-2-4-14(9-13)6-8-19-21-16(20(23)22-19)10-15-5-7-17-18(11-15)25-12-24-17/h2-5,7,9-11H,6,8,12H2,1H3,(H,21,22,23)/b16-10+. The molecule has 2 aromatic rings. The summed E-state index contributed by atoms with van der Waals surface area (Å²) in [6.45, 7) is 2.31. The molecule has 2 aliphatic rings.